The van der Waals surface area contributed by atoms with Gasteiger partial charge >= 0.3 is 0 Å². The quantitative estimate of drug-likeness (QED) is 0.617. The Bertz CT molecular complexity index is 191. The van der Waals surface area contributed by atoms with Gasteiger partial charge in [0.2, 0.25) is 0 Å². The second-order valence-electron chi connectivity index (χ2n) is 1.69. The molecule has 1 heterocycles. The van der Waals surface area contributed by atoms with Crippen molar-refractivity contribution >= 4 is 5.70 Å². The number of imidazole rings is 1. The van der Waals surface area contributed by atoms with E-state index in [4.69, 9.17) is 5.11 Å². The van der Waals surface area contributed by atoms with Crippen LogP contribution in [0.5, 0.6) is 0 Å². The highest BCUT2D eigenvalue weighted by atomic mass is 16.3. The van der Waals surface area contributed by atoms with Gasteiger partial charge in [0.15, 0.2) is 0 Å². The number of hydrogen-bond acceptors (Lipinski definition) is 2. The highest BCUT2D eigenvalue weighted by Crippen LogP contribution is 1.96. The third-order valence-electron chi connectivity index (χ3n) is 1.05. The molecule has 0 aliphatic rings. The second-order valence-corrected chi connectivity index (χ2v) is 1.69. The summed E-state index contributed by atoms with van der Waals surface area (Å²) in [5.41, 5.74) is 0.632. The van der Waals surface area contributed by atoms with Gasteiger partial charge in [-0.2, -0.15) is 0 Å². The maximum atomic E-state index is 8.56. The number of aliphatic hydroxyl groups is 1. The molecule has 0 spiro atoms. The molecule has 0 saturated heterocycles. The van der Waals surface area contributed by atoms with Gasteiger partial charge in [-0.15, -0.1) is 0 Å². The van der Waals surface area contributed by atoms with Crippen LogP contribution in [0.3, 0.4) is 0 Å². The van der Waals surface area contributed by atoms with E-state index in [-0.39, 0.29) is 6.61 Å². The molecule has 0 radical (unpaired) electrons. The van der Waals surface area contributed by atoms with Crippen LogP contribution in [0.15, 0.2) is 25.3 Å². The Kier molecular flexibility index (Phi) is 1.65. The molecule has 0 bridgehead atoms. The van der Waals surface area contributed by atoms with Gasteiger partial charge in [0.1, 0.15) is 0 Å². The van der Waals surface area contributed by atoms with Crippen LogP contribution in [0.1, 0.15) is 0 Å². The summed E-state index contributed by atoms with van der Waals surface area (Å²) in [6.07, 6.45) is 4.97. The molecule has 48 valence electrons. The minimum absolute atomic E-state index is 0.0314. The van der Waals surface area contributed by atoms with E-state index in [1.807, 2.05) is 0 Å². The number of aromatic nitrogens is 2. The molecule has 3 heteroatoms. The molecule has 0 fully saturated rings. The maximum Gasteiger partial charge on any atom is 0.0989 e. The second kappa shape index (κ2) is 2.46. The van der Waals surface area contributed by atoms with Crippen molar-refractivity contribution in [3.8, 4) is 0 Å². The van der Waals surface area contributed by atoms with E-state index in [2.05, 4.69) is 11.6 Å². The van der Waals surface area contributed by atoms with Crippen LogP contribution in [0.25, 0.3) is 5.70 Å². The Morgan fingerprint density at radius 2 is 2.56 bits per heavy atom. The normalized spacial score (nSPS) is 9.44. The molecule has 0 aromatic carbocycles. The molecule has 1 aromatic heterocycles. The molecule has 1 N–H and O–H groups in total. The molecule has 9 heavy (non-hydrogen) atoms. The topological polar surface area (TPSA) is 38.0 Å². The molecule has 0 amide bonds. The van der Waals surface area contributed by atoms with Crippen LogP contribution in [0.4, 0.5) is 0 Å². The van der Waals surface area contributed by atoms with Crippen LogP contribution in [-0.2, 0) is 0 Å². The lowest BCUT2D eigenvalue weighted by molar-refractivity contribution is 0.344. The molecule has 3 nitrogen and oxygen atoms in total. The first-order valence-electron chi connectivity index (χ1n) is 2.61. The Hall–Kier alpha value is -1.09. The van der Waals surface area contributed by atoms with Crippen molar-refractivity contribution in [2.24, 2.45) is 0 Å². The van der Waals surface area contributed by atoms with Crippen LogP contribution in [-0.4, -0.2) is 21.3 Å². The lowest BCUT2D eigenvalue weighted by atomic mass is 10.5. The molecule has 0 saturated carbocycles. The summed E-state index contributed by atoms with van der Waals surface area (Å²) in [7, 11) is 0. The smallest absolute Gasteiger partial charge is 0.0989 e. The minimum Gasteiger partial charge on any atom is -0.390 e. The van der Waals surface area contributed by atoms with Crippen molar-refractivity contribution in [3.63, 3.8) is 0 Å². The lowest BCUT2D eigenvalue weighted by Gasteiger charge is -1.98. The van der Waals surface area contributed by atoms with Gasteiger partial charge in [0.05, 0.1) is 12.9 Å². The minimum atomic E-state index is -0.0314. The third kappa shape index (κ3) is 1.17. The number of nitrogens with zero attached hydrogens (tertiary/aromatic N) is 2. The fraction of sp³-hybridized carbons (Fsp3) is 0.167. The Labute approximate surface area is 53.3 Å². The van der Waals surface area contributed by atoms with Gasteiger partial charge < -0.3 is 9.67 Å². The molecule has 1 aromatic rings. The van der Waals surface area contributed by atoms with E-state index in [1.165, 1.54) is 0 Å². The van der Waals surface area contributed by atoms with Crippen molar-refractivity contribution in [2.45, 2.75) is 0 Å². The van der Waals surface area contributed by atoms with Crippen molar-refractivity contribution in [1.82, 2.24) is 9.55 Å². The van der Waals surface area contributed by atoms with Gasteiger partial charge in [-0.1, -0.05) is 6.58 Å². The van der Waals surface area contributed by atoms with Gasteiger partial charge in [-0.05, 0) is 0 Å². The monoisotopic (exact) mass is 124 g/mol. The number of aliphatic hydroxyl groups excluding tert-OH is 1. The largest absolute Gasteiger partial charge is 0.390 e. The first-order valence-corrected chi connectivity index (χ1v) is 2.61. The molecule has 0 aliphatic heterocycles. The fourth-order valence-electron chi connectivity index (χ4n) is 0.528. The summed E-state index contributed by atoms with van der Waals surface area (Å²) in [5, 5.41) is 8.56. The molecule has 0 unspecified atom stereocenters. The van der Waals surface area contributed by atoms with E-state index in [9.17, 15) is 0 Å². The van der Waals surface area contributed by atoms with Crippen molar-refractivity contribution in [1.29, 1.82) is 0 Å². The highest BCUT2D eigenvalue weighted by Gasteiger charge is 1.90. The first kappa shape index (κ1) is 6.04. The average molecular weight is 124 g/mol. The molecule has 0 atom stereocenters. The van der Waals surface area contributed by atoms with Crippen LogP contribution >= 0.6 is 0 Å². The molecular weight excluding hydrogens is 116 g/mol. The van der Waals surface area contributed by atoms with Crippen LogP contribution in [0.2, 0.25) is 0 Å². The predicted octanol–water partition coefficient (Wildman–Crippen LogP) is 0.346. The van der Waals surface area contributed by atoms with Gasteiger partial charge in [0.25, 0.3) is 0 Å². The predicted molar refractivity (Wildman–Crippen MR) is 34.6 cm³/mol. The fourth-order valence-corrected chi connectivity index (χ4v) is 0.528. The first-order chi connectivity index (χ1) is 4.34. The number of rotatable bonds is 2. The zero-order valence-corrected chi connectivity index (χ0v) is 4.99. The van der Waals surface area contributed by atoms with Crippen molar-refractivity contribution < 1.29 is 5.11 Å². The molecule has 1 rings (SSSR count). The summed E-state index contributed by atoms with van der Waals surface area (Å²) in [6, 6.07) is 0. The van der Waals surface area contributed by atoms with E-state index in [0.717, 1.165) is 0 Å². The average Bonchev–Trinajstić information content (AvgIpc) is 2.37. The zero-order valence-electron chi connectivity index (χ0n) is 4.99. The van der Waals surface area contributed by atoms with Gasteiger partial charge in [-0.3, -0.25) is 0 Å². The SMILES string of the molecule is C=C(CO)n1ccnc1. The van der Waals surface area contributed by atoms with Crippen molar-refractivity contribution in [2.75, 3.05) is 6.61 Å². The maximum absolute atomic E-state index is 8.56. The highest BCUT2D eigenvalue weighted by molar-refractivity contribution is 5.40. The van der Waals surface area contributed by atoms with E-state index in [0.29, 0.717) is 5.70 Å². The lowest BCUT2D eigenvalue weighted by Crippen LogP contribution is -1.95. The van der Waals surface area contributed by atoms with E-state index in [1.54, 1.807) is 23.3 Å². The van der Waals surface area contributed by atoms with Crippen LogP contribution < -0.4 is 0 Å². The van der Waals surface area contributed by atoms with E-state index < -0.39 is 0 Å². The Balaban J connectivity index is 2.77. The summed E-state index contributed by atoms with van der Waals surface area (Å²) in [6.45, 7) is 3.56. The van der Waals surface area contributed by atoms with Crippen molar-refractivity contribution in [3.05, 3.63) is 25.3 Å². The molecule has 0 aliphatic carbocycles. The van der Waals surface area contributed by atoms with Gasteiger partial charge in [0, 0.05) is 18.1 Å². The Morgan fingerprint density at radius 3 is 3.00 bits per heavy atom. The van der Waals surface area contributed by atoms with E-state index >= 15 is 0 Å². The summed E-state index contributed by atoms with van der Waals surface area (Å²) < 4.78 is 1.67. The van der Waals surface area contributed by atoms with Gasteiger partial charge in [-0.25, -0.2) is 4.98 Å². The van der Waals surface area contributed by atoms with Crippen LogP contribution in [0, 0.1) is 0 Å². The third-order valence-corrected chi connectivity index (χ3v) is 1.05. The Morgan fingerprint density at radius 1 is 1.78 bits per heavy atom. The standard InChI is InChI=1S/C6H8N2O/c1-6(4-9)8-3-2-7-5-8/h2-3,5,9H,1,4H2. The number of hydrogen-bond donors (Lipinski definition) is 1. The molecular formula is C6H8N2O. The summed E-state index contributed by atoms with van der Waals surface area (Å²) in [4.78, 5) is 3.78. The zero-order chi connectivity index (χ0) is 6.69. The summed E-state index contributed by atoms with van der Waals surface area (Å²) in [5.74, 6) is 0. The summed E-state index contributed by atoms with van der Waals surface area (Å²) >= 11 is 0.